The van der Waals surface area contributed by atoms with Crippen LogP contribution in [0.15, 0.2) is 70.2 Å². The van der Waals surface area contributed by atoms with E-state index in [1.54, 1.807) is 7.11 Å². The normalized spacial score (nSPS) is 11.7. The van der Waals surface area contributed by atoms with Crippen molar-refractivity contribution in [1.82, 2.24) is 4.57 Å². The number of benzene rings is 2. The van der Waals surface area contributed by atoms with Crippen molar-refractivity contribution >= 4 is 40.0 Å². The van der Waals surface area contributed by atoms with E-state index in [4.69, 9.17) is 14.1 Å². The molecule has 2 aromatic carbocycles. The number of para-hydroxylation sites is 1. The van der Waals surface area contributed by atoms with Gasteiger partial charge in [-0.2, -0.15) is 0 Å². The molecule has 0 spiro atoms. The zero-order chi connectivity index (χ0) is 15.8. The molecule has 0 radical (unpaired) electrons. The van der Waals surface area contributed by atoms with Gasteiger partial charge in [0.25, 0.3) is 0 Å². The molecule has 0 aliphatic carbocycles. The van der Waals surface area contributed by atoms with Gasteiger partial charge in [-0.3, -0.25) is 0 Å². The van der Waals surface area contributed by atoms with Crippen LogP contribution < -0.4 is 10.2 Å². The van der Waals surface area contributed by atoms with Gasteiger partial charge in [0.05, 0.1) is 7.11 Å². The molecule has 5 heteroatoms. The van der Waals surface area contributed by atoms with E-state index in [0.717, 1.165) is 38.9 Å². The second-order valence-electron chi connectivity index (χ2n) is 5.40. The maximum atomic E-state index is 5.94. The lowest BCUT2D eigenvalue weighted by Gasteiger charge is -2.05. The van der Waals surface area contributed by atoms with Gasteiger partial charge in [-0.15, -0.1) is 12.4 Å². The number of hydrogen-bond donors (Lipinski definition) is 0. The third-order valence-corrected chi connectivity index (χ3v) is 3.94. The molecule has 4 nitrogen and oxygen atoms in total. The molecule has 0 aliphatic heterocycles. The van der Waals surface area contributed by atoms with Gasteiger partial charge < -0.3 is 13.7 Å². The Bertz CT molecular complexity index is 1080. The van der Waals surface area contributed by atoms with Crippen LogP contribution in [-0.2, 0) is 7.05 Å². The van der Waals surface area contributed by atoms with E-state index in [1.165, 1.54) is 0 Å². The van der Waals surface area contributed by atoms with Gasteiger partial charge in [0.2, 0.25) is 0 Å². The molecule has 24 heavy (non-hydrogen) atoms. The largest absolute Gasteiger partial charge is 0.494 e. The molecule has 0 saturated carbocycles. The Morgan fingerprint density at radius 2 is 1.75 bits per heavy atom. The number of fused-ring (bicyclic) bond motifs is 3. The van der Waals surface area contributed by atoms with Crippen molar-refractivity contribution in [2.75, 3.05) is 7.11 Å². The maximum Gasteiger partial charge on any atom is 0.145 e. The quantitative estimate of drug-likeness (QED) is 0.535. The van der Waals surface area contributed by atoms with Crippen LogP contribution >= 0.6 is 12.4 Å². The Morgan fingerprint density at radius 3 is 2.54 bits per heavy atom. The Hall–Kier alpha value is -2.72. The summed E-state index contributed by atoms with van der Waals surface area (Å²) in [7, 11) is 3.62. The smallest absolute Gasteiger partial charge is 0.145 e. The number of hydrogen-bond acceptors (Lipinski definition) is 3. The second kappa shape index (κ2) is 6.42. The molecule has 2 heterocycles. The summed E-state index contributed by atoms with van der Waals surface area (Å²) in [6.45, 7) is 0. The van der Waals surface area contributed by atoms with Crippen LogP contribution in [0.1, 0.15) is 0 Å². The molecular formula is C19H17ClN2O2. The van der Waals surface area contributed by atoms with E-state index in [1.807, 2.05) is 66.3 Å². The van der Waals surface area contributed by atoms with Gasteiger partial charge >= 0.3 is 0 Å². The molecule has 0 bridgehead atoms. The monoisotopic (exact) mass is 340 g/mol. The fourth-order valence-electron chi connectivity index (χ4n) is 2.75. The van der Waals surface area contributed by atoms with Gasteiger partial charge in [0.1, 0.15) is 28.1 Å². The van der Waals surface area contributed by atoms with Gasteiger partial charge in [0.15, 0.2) is 0 Å². The van der Waals surface area contributed by atoms with Crippen LogP contribution in [0.5, 0.6) is 5.75 Å². The number of nitrogens with zero attached hydrogens (tertiary/aromatic N) is 2. The zero-order valence-corrected chi connectivity index (χ0v) is 14.2. The average molecular weight is 341 g/mol. The summed E-state index contributed by atoms with van der Waals surface area (Å²) in [5, 5.41) is 2.12. The number of furan rings is 1. The first-order valence-electron chi connectivity index (χ1n) is 7.42. The van der Waals surface area contributed by atoms with Crippen LogP contribution in [-0.4, -0.2) is 11.7 Å². The Balaban J connectivity index is 0.00000169. The van der Waals surface area contributed by atoms with E-state index >= 15 is 0 Å². The van der Waals surface area contributed by atoms with Crippen molar-refractivity contribution in [3.8, 4) is 5.75 Å². The fraction of sp³-hybridized carbons (Fsp3) is 0.105. The van der Waals surface area contributed by atoms with E-state index in [9.17, 15) is 0 Å². The van der Waals surface area contributed by atoms with Crippen molar-refractivity contribution in [2.45, 2.75) is 0 Å². The van der Waals surface area contributed by atoms with Crippen LogP contribution in [0.4, 0.5) is 5.69 Å². The summed E-state index contributed by atoms with van der Waals surface area (Å²) in [6.07, 6.45) is 1.96. The van der Waals surface area contributed by atoms with Crippen molar-refractivity contribution in [1.29, 1.82) is 0 Å². The number of halogens is 1. The molecule has 0 amide bonds. The first kappa shape index (κ1) is 16.1. The molecule has 0 fully saturated rings. The summed E-state index contributed by atoms with van der Waals surface area (Å²) < 4.78 is 13.4. The van der Waals surface area contributed by atoms with E-state index in [-0.39, 0.29) is 12.4 Å². The lowest BCUT2D eigenvalue weighted by atomic mass is 10.1. The summed E-state index contributed by atoms with van der Waals surface area (Å²) in [6, 6.07) is 17.8. The van der Waals surface area contributed by atoms with Gasteiger partial charge in [0, 0.05) is 30.1 Å². The van der Waals surface area contributed by atoms with E-state index < -0.39 is 0 Å². The van der Waals surface area contributed by atoms with Crippen molar-refractivity contribution in [2.24, 2.45) is 12.0 Å². The maximum absolute atomic E-state index is 5.94. The van der Waals surface area contributed by atoms with E-state index in [0.29, 0.717) is 0 Å². The lowest BCUT2D eigenvalue weighted by Crippen LogP contribution is -2.15. The minimum absolute atomic E-state index is 0. The van der Waals surface area contributed by atoms with Crippen LogP contribution in [0, 0.1) is 0 Å². The van der Waals surface area contributed by atoms with Crippen LogP contribution in [0.2, 0.25) is 0 Å². The van der Waals surface area contributed by atoms with Crippen LogP contribution in [0.25, 0.3) is 21.9 Å². The zero-order valence-electron chi connectivity index (χ0n) is 13.4. The summed E-state index contributed by atoms with van der Waals surface area (Å²) in [5.41, 5.74) is 3.28. The molecule has 2 aromatic heterocycles. The first-order valence-corrected chi connectivity index (χ1v) is 7.42. The lowest BCUT2D eigenvalue weighted by molar-refractivity contribution is 0.416. The predicted octanol–water partition coefficient (Wildman–Crippen LogP) is 4.59. The molecular weight excluding hydrogens is 324 g/mol. The van der Waals surface area contributed by atoms with Crippen molar-refractivity contribution in [3.63, 3.8) is 0 Å². The number of pyridine rings is 1. The number of aryl methyl sites for hydroxylation is 1. The highest BCUT2D eigenvalue weighted by atomic mass is 35.5. The molecule has 4 aromatic rings. The summed E-state index contributed by atoms with van der Waals surface area (Å²) in [4.78, 5) is 4.71. The third kappa shape index (κ3) is 2.65. The summed E-state index contributed by atoms with van der Waals surface area (Å²) >= 11 is 0. The molecule has 0 unspecified atom stereocenters. The first-order chi connectivity index (χ1) is 11.3. The number of rotatable bonds is 2. The highest BCUT2D eigenvalue weighted by molar-refractivity contribution is 6.06. The molecule has 0 aliphatic rings. The SMILES string of the molecule is COc1cc2c(cc1N=c1ccccn1C)oc1ccccc12.Cl. The van der Waals surface area contributed by atoms with Crippen molar-refractivity contribution < 1.29 is 9.15 Å². The van der Waals surface area contributed by atoms with E-state index in [2.05, 4.69) is 6.07 Å². The number of methoxy groups -OCH3 is 1. The van der Waals surface area contributed by atoms with Crippen molar-refractivity contribution in [3.05, 3.63) is 66.3 Å². The standard InChI is InChI=1S/C19H16N2O2.ClH/c1-21-10-6-5-9-19(21)20-15-12-17-14(11-18(15)22-2)13-7-3-4-8-16(13)23-17;/h3-12H,1-2H3;1H. The highest BCUT2D eigenvalue weighted by Crippen LogP contribution is 2.37. The van der Waals surface area contributed by atoms with Crippen LogP contribution in [0.3, 0.4) is 0 Å². The Labute approximate surface area is 145 Å². The highest BCUT2D eigenvalue weighted by Gasteiger charge is 2.11. The number of aromatic nitrogens is 1. The molecule has 0 N–H and O–H groups in total. The molecule has 0 saturated heterocycles. The van der Waals surface area contributed by atoms with Gasteiger partial charge in [-0.05, 0) is 24.3 Å². The Kier molecular flexibility index (Phi) is 4.32. The van der Waals surface area contributed by atoms with Gasteiger partial charge in [-0.25, -0.2) is 4.99 Å². The third-order valence-electron chi connectivity index (χ3n) is 3.94. The minimum Gasteiger partial charge on any atom is -0.494 e. The molecule has 0 atom stereocenters. The number of ether oxygens (including phenoxy) is 1. The fourth-order valence-corrected chi connectivity index (χ4v) is 2.75. The summed E-state index contributed by atoms with van der Waals surface area (Å²) in [5.74, 6) is 0.730. The second-order valence-corrected chi connectivity index (χ2v) is 5.40. The minimum atomic E-state index is 0. The predicted molar refractivity (Wildman–Crippen MR) is 98.2 cm³/mol. The molecule has 122 valence electrons. The molecule has 4 rings (SSSR count). The Morgan fingerprint density at radius 1 is 0.958 bits per heavy atom. The average Bonchev–Trinajstić information content (AvgIpc) is 2.93. The van der Waals surface area contributed by atoms with Gasteiger partial charge in [-0.1, -0.05) is 24.3 Å². The topological polar surface area (TPSA) is 39.7 Å².